The van der Waals surface area contributed by atoms with Crippen LogP contribution < -0.4 is 0 Å². The zero-order valence-corrected chi connectivity index (χ0v) is 15.4. The van der Waals surface area contributed by atoms with Crippen molar-refractivity contribution in [1.29, 1.82) is 0 Å². The summed E-state index contributed by atoms with van der Waals surface area (Å²) in [6.07, 6.45) is 1.64. The van der Waals surface area contributed by atoms with Gasteiger partial charge in [0.15, 0.2) is 5.75 Å². The molecule has 1 heterocycles. The lowest BCUT2D eigenvalue weighted by molar-refractivity contribution is 0.480. The maximum atomic E-state index is 10.4. The van der Waals surface area contributed by atoms with Gasteiger partial charge in [0.25, 0.3) is 0 Å². The molecule has 0 fully saturated rings. The molecule has 23 heavy (non-hydrogen) atoms. The molecule has 0 saturated heterocycles. The number of nitrogens with one attached hydrogen (secondary N) is 1. The molecule has 0 aliphatic carbocycles. The first-order chi connectivity index (χ1) is 10.9. The van der Waals surface area contributed by atoms with Crippen LogP contribution in [0.5, 0.6) is 5.75 Å². The third kappa shape index (κ3) is 2.89. The fraction of sp³-hybridized carbons (Fsp3) is 0.167. The summed E-state index contributed by atoms with van der Waals surface area (Å²) in [6, 6.07) is 7.90. The first-order valence-corrected chi connectivity index (χ1v) is 8.36. The van der Waals surface area contributed by atoms with Crippen molar-refractivity contribution in [2.24, 2.45) is 4.99 Å². The average molecular weight is 392 g/mol. The monoisotopic (exact) mass is 390 g/mol. The molecule has 0 aliphatic rings. The molecule has 1 aromatic heterocycles. The second-order valence-electron chi connectivity index (χ2n) is 5.68. The minimum Gasteiger partial charge on any atom is -0.505 e. The standard InChI is InChI=1S/C18H16BrClN2O/c1-9-6-10(2)17(11(3)7-9)21-8-14-18(23)15-13(22-14)5-4-12(19)16(15)20/h4-8,22-23H,1-3H3. The molecule has 3 nitrogen and oxygen atoms in total. The highest BCUT2D eigenvalue weighted by atomic mass is 79.9. The van der Waals surface area contributed by atoms with Gasteiger partial charge in [-0.05, 0) is 60.0 Å². The van der Waals surface area contributed by atoms with E-state index < -0.39 is 0 Å². The average Bonchev–Trinajstić information content (AvgIpc) is 2.79. The third-order valence-electron chi connectivity index (χ3n) is 3.81. The van der Waals surface area contributed by atoms with E-state index in [1.165, 1.54) is 5.56 Å². The molecule has 0 bridgehead atoms. The van der Waals surface area contributed by atoms with E-state index in [2.05, 4.69) is 45.0 Å². The van der Waals surface area contributed by atoms with Crippen molar-refractivity contribution in [2.45, 2.75) is 20.8 Å². The van der Waals surface area contributed by atoms with Gasteiger partial charge in [-0.3, -0.25) is 4.99 Å². The van der Waals surface area contributed by atoms with Crippen molar-refractivity contribution in [3.63, 3.8) is 0 Å². The summed E-state index contributed by atoms with van der Waals surface area (Å²) in [5.41, 5.74) is 5.66. The number of H-pyrrole nitrogens is 1. The maximum absolute atomic E-state index is 10.4. The Hall–Kier alpha value is -1.78. The van der Waals surface area contributed by atoms with Crippen LogP contribution in [0, 0.1) is 20.8 Å². The summed E-state index contributed by atoms with van der Waals surface area (Å²) in [5.74, 6) is 0.109. The normalized spacial score (nSPS) is 11.7. The van der Waals surface area contributed by atoms with Crippen LogP contribution in [0.15, 0.2) is 33.7 Å². The van der Waals surface area contributed by atoms with E-state index in [1.807, 2.05) is 26.0 Å². The van der Waals surface area contributed by atoms with Crippen LogP contribution in [0.2, 0.25) is 5.02 Å². The first kappa shape index (κ1) is 16.1. The molecular formula is C18H16BrClN2O. The number of aromatic nitrogens is 1. The van der Waals surface area contributed by atoms with Gasteiger partial charge >= 0.3 is 0 Å². The number of nitrogens with zero attached hydrogens (tertiary/aromatic N) is 1. The molecule has 0 spiro atoms. The van der Waals surface area contributed by atoms with Crippen LogP contribution in [-0.2, 0) is 0 Å². The summed E-state index contributed by atoms with van der Waals surface area (Å²) >= 11 is 9.63. The van der Waals surface area contributed by atoms with E-state index in [0.29, 0.717) is 16.1 Å². The Morgan fingerprint density at radius 3 is 2.48 bits per heavy atom. The van der Waals surface area contributed by atoms with Crippen LogP contribution in [0.25, 0.3) is 10.9 Å². The van der Waals surface area contributed by atoms with E-state index in [-0.39, 0.29) is 5.75 Å². The van der Waals surface area contributed by atoms with E-state index in [9.17, 15) is 5.11 Å². The number of fused-ring (bicyclic) bond motifs is 1. The molecule has 2 aromatic carbocycles. The number of aryl methyl sites for hydroxylation is 3. The number of rotatable bonds is 2. The van der Waals surface area contributed by atoms with Crippen molar-refractivity contribution in [1.82, 2.24) is 4.98 Å². The van der Waals surface area contributed by atoms with Gasteiger partial charge in [0.05, 0.1) is 27.8 Å². The second kappa shape index (κ2) is 6.02. The Morgan fingerprint density at radius 1 is 1.17 bits per heavy atom. The molecular weight excluding hydrogens is 376 g/mol. The highest BCUT2D eigenvalue weighted by Gasteiger charge is 2.14. The van der Waals surface area contributed by atoms with Crippen molar-refractivity contribution < 1.29 is 5.11 Å². The molecule has 0 radical (unpaired) electrons. The number of aromatic hydroxyl groups is 1. The van der Waals surface area contributed by atoms with E-state index >= 15 is 0 Å². The zero-order chi connectivity index (χ0) is 16.7. The molecule has 5 heteroatoms. The second-order valence-corrected chi connectivity index (χ2v) is 6.91. The third-order valence-corrected chi connectivity index (χ3v) is 5.10. The molecule has 0 unspecified atom stereocenters. The maximum Gasteiger partial charge on any atom is 0.151 e. The van der Waals surface area contributed by atoms with E-state index in [4.69, 9.17) is 11.6 Å². The lowest BCUT2D eigenvalue weighted by Crippen LogP contribution is -1.86. The molecule has 3 rings (SSSR count). The minimum absolute atomic E-state index is 0.109. The molecule has 118 valence electrons. The first-order valence-electron chi connectivity index (χ1n) is 7.19. The van der Waals surface area contributed by atoms with Crippen LogP contribution in [0.3, 0.4) is 0 Å². The van der Waals surface area contributed by atoms with Crippen molar-refractivity contribution >= 4 is 50.3 Å². The number of benzene rings is 2. The minimum atomic E-state index is 0.109. The quantitative estimate of drug-likeness (QED) is 0.520. The Morgan fingerprint density at radius 2 is 1.83 bits per heavy atom. The summed E-state index contributed by atoms with van der Waals surface area (Å²) in [4.78, 5) is 7.70. The van der Waals surface area contributed by atoms with Crippen molar-refractivity contribution in [3.05, 3.63) is 56.1 Å². The molecule has 0 saturated carbocycles. The lowest BCUT2D eigenvalue weighted by atomic mass is 10.1. The van der Waals surface area contributed by atoms with Crippen LogP contribution in [-0.4, -0.2) is 16.3 Å². The number of aliphatic imine (C=N–C) groups is 1. The van der Waals surface area contributed by atoms with Gasteiger partial charge in [0, 0.05) is 4.47 Å². The smallest absolute Gasteiger partial charge is 0.151 e. The highest BCUT2D eigenvalue weighted by molar-refractivity contribution is 9.10. The number of halogens is 2. The number of hydrogen-bond acceptors (Lipinski definition) is 2. The van der Waals surface area contributed by atoms with Gasteiger partial charge in [0.1, 0.15) is 5.69 Å². The summed E-state index contributed by atoms with van der Waals surface area (Å²) in [5, 5.41) is 11.5. The largest absolute Gasteiger partial charge is 0.505 e. The summed E-state index contributed by atoms with van der Waals surface area (Å²) in [7, 11) is 0. The van der Waals surface area contributed by atoms with Gasteiger partial charge in [-0.1, -0.05) is 29.3 Å². The van der Waals surface area contributed by atoms with Gasteiger partial charge in [-0.2, -0.15) is 0 Å². The van der Waals surface area contributed by atoms with Gasteiger partial charge < -0.3 is 10.1 Å². The summed E-state index contributed by atoms with van der Waals surface area (Å²) < 4.78 is 0.745. The van der Waals surface area contributed by atoms with Gasteiger partial charge in [-0.25, -0.2) is 0 Å². The van der Waals surface area contributed by atoms with Crippen LogP contribution in [0.1, 0.15) is 22.4 Å². The predicted octanol–water partition coefficient (Wildman–Crippen LogP) is 5.97. The molecule has 0 amide bonds. The number of aromatic amines is 1. The van der Waals surface area contributed by atoms with Crippen LogP contribution in [0.4, 0.5) is 5.69 Å². The fourth-order valence-corrected chi connectivity index (χ4v) is 3.41. The Kier molecular flexibility index (Phi) is 4.21. The Balaban J connectivity index is 2.09. The van der Waals surface area contributed by atoms with Crippen molar-refractivity contribution in [3.8, 4) is 5.75 Å². The Bertz CT molecular complexity index is 921. The van der Waals surface area contributed by atoms with Crippen molar-refractivity contribution in [2.75, 3.05) is 0 Å². The number of hydrogen-bond donors (Lipinski definition) is 2. The molecule has 0 aliphatic heterocycles. The Labute approximate surface area is 148 Å². The molecule has 3 aromatic rings. The SMILES string of the molecule is Cc1cc(C)c(N=Cc2[nH]c3ccc(Br)c(Cl)c3c2O)c(C)c1. The van der Waals surface area contributed by atoms with Gasteiger partial charge in [-0.15, -0.1) is 0 Å². The van der Waals surface area contributed by atoms with E-state index in [0.717, 1.165) is 26.8 Å². The molecule has 0 atom stereocenters. The van der Waals surface area contributed by atoms with Crippen LogP contribution >= 0.6 is 27.5 Å². The highest BCUT2D eigenvalue weighted by Crippen LogP contribution is 2.38. The van der Waals surface area contributed by atoms with E-state index in [1.54, 1.807) is 6.21 Å². The van der Waals surface area contributed by atoms with Gasteiger partial charge in [0.2, 0.25) is 0 Å². The fourth-order valence-electron chi connectivity index (χ4n) is 2.82. The topological polar surface area (TPSA) is 48.4 Å². The summed E-state index contributed by atoms with van der Waals surface area (Å²) in [6.45, 7) is 6.13. The zero-order valence-electron chi connectivity index (χ0n) is 13.0. The predicted molar refractivity (Wildman–Crippen MR) is 101 cm³/mol. The lowest BCUT2D eigenvalue weighted by Gasteiger charge is -2.06. The molecule has 2 N–H and O–H groups in total.